The molecule has 0 aromatic carbocycles. The molecule has 13 heavy (non-hydrogen) atoms. The van der Waals surface area contributed by atoms with Crippen LogP contribution in [0.3, 0.4) is 0 Å². The molecule has 0 aliphatic heterocycles. The molecular weight excluding hydrogens is 249 g/mol. The molecule has 0 saturated heterocycles. The summed E-state index contributed by atoms with van der Waals surface area (Å²) in [7, 11) is 0. The number of rotatable bonds is 4. The fourth-order valence-electron chi connectivity index (χ4n) is 0.376. The molecule has 76 valence electrons. The molecule has 0 unspecified atom stereocenters. The van der Waals surface area contributed by atoms with E-state index in [9.17, 15) is 4.79 Å². The van der Waals surface area contributed by atoms with Crippen molar-refractivity contribution in [3.05, 3.63) is 12.7 Å². The van der Waals surface area contributed by atoms with E-state index in [0.29, 0.717) is 6.61 Å². The Labute approximate surface area is 109 Å². The van der Waals surface area contributed by atoms with E-state index in [0.717, 1.165) is 12.8 Å². The van der Waals surface area contributed by atoms with Crippen molar-refractivity contribution in [3.8, 4) is 0 Å². The number of esters is 1. The van der Waals surface area contributed by atoms with Crippen LogP contribution in [0.5, 0.6) is 0 Å². The van der Waals surface area contributed by atoms with E-state index in [1.165, 1.54) is 6.08 Å². The number of hydrogen-bond donors (Lipinski definition) is 0. The first-order chi connectivity index (χ1) is 4.31. The Morgan fingerprint density at radius 3 is 2.15 bits per heavy atom. The van der Waals surface area contributed by atoms with Gasteiger partial charge in [-0.25, -0.2) is 4.79 Å². The second kappa shape index (κ2) is 22.9. The molecule has 2 nitrogen and oxygen atoms in total. The van der Waals surface area contributed by atoms with Crippen LogP contribution < -0.4 is 37.2 Å². The molecule has 0 N–H and O–H groups in total. The van der Waals surface area contributed by atoms with Gasteiger partial charge >= 0.3 is 23.3 Å². The number of hydrogen-bond acceptors (Lipinski definition) is 2. The molecule has 0 aliphatic rings. The molecule has 0 saturated carbocycles. The monoisotopic (exact) mass is 260 g/mol. The van der Waals surface area contributed by atoms with Gasteiger partial charge in [0.25, 0.3) is 0 Å². The summed E-state index contributed by atoms with van der Waals surface area (Å²) in [6.45, 7) is 5.82. The van der Waals surface area contributed by atoms with E-state index in [2.05, 4.69) is 11.3 Å². The minimum Gasteiger partial charge on any atom is -1.00 e. The number of ether oxygens (including phenoxy) is 1. The maximum atomic E-state index is 10.3. The minimum absolute atomic E-state index is 0. The number of carbonyl (C=O) groups is 1. The van der Waals surface area contributed by atoms with Gasteiger partial charge in [-0.1, -0.05) is 19.9 Å². The van der Waals surface area contributed by atoms with Crippen molar-refractivity contribution in [2.45, 2.75) is 19.8 Å². The molecule has 0 atom stereocenters. The van der Waals surface area contributed by atoms with Gasteiger partial charge in [-0.05, 0) is 6.42 Å². The predicted molar refractivity (Wildman–Crippen MR) is 41.8 cm³/mol. The summed E-state index contributed by atoms with van der Waals surface area (Å²) < 4.78 is 4.67. The third-order valence-corrected chi connectivity index (χ3v) is 0.909. The second-order valence-electron chi connectivity index (χ2n) is 1.73. The van der Waals surface area contributed by atoms with Gasteiger partial charge in [-0.3, -0.25) is 0 Å². The van der Waals surface area contributed by atoms with Crippen LogP contribution >= 0.6 is 0 Å². The zero-order valence-corrected chi connectivity index (χ0v) is 10.9. The third kappa shape index (κ3) is 24.5. The minimum atomic E-state index is -0.330. The Kier molecular flexibility index (Phi) is 51.5. The number of carbonyl (C=O) groups excluding carboxylic acids is 1. The first-order valence-electron chi connectivity index (χ1n) is 3.10. The Balaban J connectivity index is -0.0000000533. The summed E-state index contributed by atoms with van der Waals surface area (Å²) in [4.78, 5) is 10.3. The molecule has 0 fully saturated rings. The first-order valence-corrected chi connectivity index (χ1v) is 3.10. The molecule has 6 heteroatoms. The topological polar surface area (TPSA) is 26.3 Å². The van der Waals surface area contributed by atoms with Gasteiger partial charge in [-0.2, -0.15) is 0 Å². The van der Waals surface area contributed by atoms with Gasteiger partial charge in [0, 0.05) is 6.08 Å². The van der Waals surface area contributed by atoms with Crippen LogP contribution in [-0.2, 0) is 9.53 Å². The number of halogens is 3. The van der Waals surface area contributed by atoms with Crippen molar-refractivity contribution in [2.24, 2.45) is 0 Å². The van der Waals surface area contributed by atoms with Crippen molar-refractivity contribution in [2.75, 3.05) is 6.61 Å². The van der Waals surface area contributed by atoms with Crippen LogP contribution in [0.15, 0.2) is 12.7 Å². The van der Waals surface area contributed by atoms with E-state index in [1.54, 1.807) is 0 Å². The van der Waals surface area contributed by atoms with Gasteiger partial charge in [0.2, 0.25) is 0 Å². The smallest absolute Gasteiger partial charge is 1.00 e. The van der Waals surface area contributed by atoms with Crippen LogP contribution in [0.1, 0.15) is 19.8 Å². The maximum absolute atomic E-state index is 10.3. The Bertz CT molecular complexity index is 112. The normalized spacial score (nSPS) is 5.92. The van der Waals surface area contributed by atoms with Gasteiger partial charge in [0.1, 0.15) is 0 Å². The summed E-state index contributed by atoms with van der Waals surface area (Å²) >= 11 is 0. The molecule has 0 spiro atoms. The van der Waals surface area contributed by atoms with Crippen molar-refractivity contribution >= 4 is 23.3 Å². The fourth-order valence-corrected chi connectivity index (χ4v) is 0.376. The Morgan fingerprint density at radius 1 is 1.38 bits per heavy atom. The van der Waals surface area contributed by atoms with Crippen molar-refractivity contribution < 1.29 is 46.8 Å². The van der Waals surface area contributed by atoms with Crippen molar-refractivity contribution in [3.63, 3.8) is 0 Å². The van der Waals surface area contributed by atoms with Crippen LogP contribution in [0, 0.1) is 0 Å². The zero-order valence-electron chi connectivity index (χ0n) is 7.43. The second-order valence-corrected chi connectivity index (χ2v) is 1.73. The number of unbranched alkanes of at least 4 members (excludes halogenated alkanes) is 1. The fraction of sp³-hybridized carbons (Fsp3) is 0.571. The summed E-state index contributed by atoms with van der Waals surface area (Å²) in [6.07, 6.45) is 3.15. The van der Waals surface area contributed by atoms with E-state index >= 15 is 0 Å². The summed E-state index contributed by atoms with van der Waals surface area (Å²) in [5.41, 5.74) is 0. The zero-order chi connectivity index (χ0) is 7.11. The van der Waals surface area contributed by atoms with E-state index in [-0.39, 0.29) is 60.6 Å². The predicted octanol–water partition coefficient (Wildman–Crippen LogP) is -7.85. The molecule has 0 aromatic heterocycles. The van der Waals surface area contributed by atoms with Crippen molar-refractivity contribution in [1.82, 2.24) is 0 Å². The quantitative estimate of drug-likeness (QED) is 0.218. The van der Waals surface area contributed by atoms with Crippen LogP contribution in [0.25, 0.3) is 0 Å². The van der Waals surface area contributed by atoms with Gasteiger partial charge in [0.15, 0.2) is 0 Å². The standard InChI is InChI=1S/C7H12O2.Al.3ClH/c1-3-5-6-9-7(8)4-2;;;;/h4H,2-3,5-6H2,1H3;;3*1H/q;+3;;;/p-3. The molecule has 0 bridgehead atoms. The average Bonchev–Trinajstić information content (AvgIpc) is 1.89. The van der Waals surface area contributed by atoms with Crippen LogP contribution in [0.4, 0.5) is 0 Å². The summed E-state index contributed by atoms with van der Waals surface area (Å²) in [6, 6.07) is 0. The van der Waals surface area contributed by atoms with Crippen LogP contribution in [-0.4, -0.2) is 29.9 Å². The van der Waals surface area contributed by atoms with E-state index in [4.69, 9.17) is 0 Å². The van der Waals surface area contributed by atoms with Crippen LogP contribution in [0.2, 0.25) is 0 Å². The van der Waals surface area contributed by atoms with Gasteiger partial charge in [0.05, 0.1) is 6.61 Å². The summed E-state index contributed by atoms with van der Waals surface area (Å²) in [5, 5.41) is 0. The molecule has 0 radical (unpaired) electrons. The average molecular weight is 262 g/mol. The van der Waals surface area contributed by atoms with Gasteiger partial charge in [-0.15, -0.1) is 0 Å². The third-order valence-electron chi connectivity index (χ3n) is 0.909. The Morgan fingerprint density at radius 2 is 1.85 bits per heavy atom. The van der Waals surface area contributed by atoms with E-state index in [1.807, 2.05) is 6.92 Å². The molecule has 0 rings (SSSR count). The maximum Gasteiger partial charge on any atom is 3.00 e. The Hall–Kier alpha value is 0.612. The van der Waals surface area contributed by atoms with Gasteiger partial charge < -0.3 is 42.0 Å². The molecular formula is C7H12AlCl3O2. The largest absolute Gasteiger partial charge is 3.00 e. The SMILES string of the molecule is C=CC(=O)OCCCC.[Al+3].[Cl-].[Cl-].[Cl-]. The molecule has 0 heterocycles. The molecule has 0 aliphatic carbocycles. The molecule has 0 amide bonds. The van der Waals surface area contributed by atoms with Crippen molar-refractivity contribution in [1.29, 1.82) is 0 Å². The summed E-state index contributed by atoms with van der Waals surface area (Å²) in [5.74, 6) is -0.330. The van der Waals surface area contributed by atoms with E-state index < -0.39 is 0 Å². The first kappa shape index (κ1) is 29.2. The molecule has 0 aromatic rings.